The molecule has 2 amide bonds. The third-order valence-electron chi connectivity index (χ3n) is 3.56. The van der Waals surface area contributed by atoms with E-state index in [1.54, 1.807) is 19.1 Å². The van der Waals surface area contributed by atoms with Gasteiger partial charge in [-0.15, -0.1) is 0 Å². The van der Waals surface area contributed by atoms with Gasteiger partial charge in [0.05, 0.1) is 24.6 Å². The minimum Gasteiger partial charge on any atom is -0.481 e. The van der Waals surface area contributed by atoms with E-state index in [9.17, 15) is 9.59 Å². The van der Waals surface area contributed by atoms with Gasteiger partial charge in [-0.1, -0.05) is 0 Å². The Morgan fingerprint density at radius 2 is 2.11 bits per heavy atom. The molecule has 0 bridgehead atoms. The van der Waals surface area contributed by atoms with E-state index in [0.717, 1.165) is 19.3 Å². The van der Waals surface area contributed by atoms with Gasteiger partial charge in [0, 0.05) is 14.2 Å². The first-order valence-electron chi connectivity index (χ1n) is 6.16. The van der Waals surface area contributed by atoms with Crippen LogP contribution in [0.15, 0.2) is 0 Å². The largest absolute Gasteiger partial charge is 0.481 e. The maximum absolute atomic E-state index is 12.0. The molecular formula is C12H22N2O4. The van der Waals surface area contributed by atoms with E-state index in [1.165, 1.54) is 0 Å². The van der Waals surface area contributed by atoms with Crippen LogP contribution in [0.2, 0.25) is 0 Å². The average Bonchev–Trinajstić information content (AvgIpc) is 2.24. The summed E-state index contributed by atoms with van der Waals surface area (Å²) in [6, 6.07) is -0.280. The number of likely N-dealkylation sites (N-methyl/N-ethyl adjacent to an activating group) is 1. The molecule has 0 saturated heterocycles. The van der Waals surface area contributed by atoms with Crippen molar-refractivity contribution in [1.29, 1.82) is 0 Å². The molecule has 6 heteroatoms. The smallest absolute Gasteiger partial charge is 0.317 e. The van der Waals surface area contributed by atoms with E-state index in [0.29, 0.717) is 6.61 Å². The van der Waals surface area contributed by atoms with Crippen LogP contribution in [-0.2, 0) is 9.53 Å². The lowest BCUT2D eigenvalue weighted by Gasteiger charge is -2.42. The van der Waals surface area contributed by atoms with Crippen molar-refractivity contribution in [3.8, 4) is 0 Å². The number of rotatable bonds is 6. The third kappa shape index (κ3) is 3.60. The first-order chi connectivity index (χ1) is 8.40. The van der Waals surface area contributed by atoms with Gasteiger partial charge in [-0.2, -0.15) is 0 Å². The first-order valence-corrected chi connectivity index (χ1v) is 6.16. The van der Waals surface area contributed by atoms with E-state index in [4.69, 9.17) is 9.84 Å². The number of carboxylic acids is 1. The van der Waals surface area contributed by atoms with Gasteiger partial charge in [0.1, 0.15) is 0 Å². The van der Waals surface area contributed by atoms with E-state index < -0.39 is 11.5 Å². The highest BCUT2D eigenvalue weighted by Gasteiger charge is 2.41. The molecule has 0 aromatic heterocycles. The van der Waals surface area contributed by atoms with Gasteiger partial charge in [-0.3, -0.25) is 4.79 Å². The fourth-order valence-electron chi connectivity index (χ4n) is 2.11. The lowest BCUT2D eigenvalue weighted by atomic mass is 9.74. The van der Waals surface area contributed by atoms with Crippen LogP contribution in [0, 0.1) is 0 Å². The number of hydrogen-bond donors (Lipinski definition) is 2. The van der Waals surface area contributed by atoms with Crippen LogP contribution in [0.25, 0.3) is 0 Å². The molecule has 2 N–H and O–H groups in total. The number of amides is 2. The molecule has 104 valence electrons. The molecule has 0 aromatic rings. The second-order valence-corrected chi connectivity index (χ2v) is 5.05. The molecule has 0 aliphatic heterocycles. The molecule has 1 rings (SSSR count). The van der Waals surface area contributed by atoms with Crippen molar-refractivity contribution >= 4 is 12.0 Å². The predicted molar refractivity (Wildman–Crippen MR) is 66.5 cm³/mol. The van der Waals surface area contributed by atoms with Crippen molar-refractivity contribution in [1.82, 2.24) is 10.2 Å². The summed E-state index contributed by atoms with van der Waals surface area (Å²) >= 11 is 0. The second-order valence-electron chi connectivity index (χ2n) is 5.05. The van der Waals surface area contributed by atoms with Crippen LogP contribution in [0.1, 0.15) is 32.6 Å². The molecule has 0 spiro atoms. The number of carbonyl (C=O) groups excluding carboxylic acids is 1. The predicted octanol–water partition coefficient (Wildman–Crippen LogP) is 1.06. The van der Waals surface area contributed by atoms with Crippen molar-refractivity contribution in [2.24, 2.45) is 0 Å². The third-order valence-corrected chi connectivity index (χ3v) is 3.56. The Bertz CT molecular complexity index is 315. The zero-order chi connectivity index (χ0) is 13.8. The number of hydrogen-bond acceptors (Lipinski definition) is 3. The monoisotopic (exact) mass is 258 g/mol. The lowest BCUT2D eigenvalue weighted by molar-refractivity contribution is -0.139. The fourth-order valence-corrected chi connectivity index (χ4v) is 2.11. The first kappa shape index (κ1) is 14.8. The van der Waals surface area contributed by atoms with Crippen LogP contribution in [0.3, 0.4) is 0 Å². The van der Waals surface area contributed by atoms with Gasteiger partial charge in [0.15, 0.2) is 0 Å². The van der Waals surface area contributed by atoms with Crippen molar-refractivity contribution in [2.45, 2.75) is 44.2 Å². The number of ether oxygens (including phenoxy) is 1. The molecule has 1 fully saturated rings. The van der Waals surface area contributed by atoms with E-state index >= 15 is 0 Å². The Morgan fingerprint density at radius 1 is 1.50 bits per heavy atom. The fraction of sp³-hybridized carbons (Fsp3) is 0.833. The molecule has 0 aromatic carbocycles. The number of methoxy groups -OCH3 is 1. The number of aliphatic carboxylic acids is 1. The zero-order valence-corrected chi connectivity index (χ0v) is 11.2. The maximum atomic E-state index is 12.0. The highest BCUT2D eigenvalue weighted by molar-refractivity contribution is 5.77. The number of carbonyl (C=O) groups is 2. The van der Waals surface area contributed by atoms with E-state index in [-0.39, 0.29) is 18.5 Å². The van der Waals surface area contributed by atoms with Gasteiger partial charge in [-0.25, -0.2) is 4.79 Å². The zero-order valence-electron chi connectivity index (χ0n) is 11.2. The highest BCUT2D eigenvalue weighted by atomic mass is 16.5. The second kappa shape index (κ2) is 6.04. The normalized spacial score (nSPS) is 18.6. The summed E-state index contributed by atoms with van der Waals surface area (Å²) < 4.78 is 4.99. The van der Waals surface area contributed by atoms with E-state index in [1.807, 2.05) is 6.92 Å². The summed E-state index contributed by atoms with van der Waals surface area (Å²) in [6.07, 6.45) is 2.42. The minimum absolute atomic E-state index is 0.00869. The quantitative estimate of drug-likeness (QED) is 0.746. The summed E-state index contributed by atoms with van der Waals surface area (Å²) in [7, 11) is 3.27. The van der Waals surface area contributed by atoms with Crippen molar-refractivity contribution in [3.05, 3.63) is 0 Å². The molecule has 0 heterocycles. The van der Waals surface area contributed by atoms with Crippen LogP contribution < -0.4 is 5.32 Å². The number of carboxylic acid groups (broad SMARTS) is 1. The molecule has 1 saturated carbocycles. The van der Waals surface area contributed by atoms with Crippen molar-refractivity contribution in [2.75, 3.05) is 20.8 Å². The molecule has 6 nitrogen and oxygen atoms in total. The number of urea groups is 1. The number of nitrogens with zero attached hydrogens (tertiary/aromatic N) is 1. The summed E-state index contributed by atoms with van der Waals surface area (Å²) in [6.45, 7) is 2.34. The molecule has 1 aliphatic carbocycles. The van der Waals surface area contributed by atoms with Gasteiger partial charge < -0.3 is 20.1 Å². The van der Waals surface area contributed by atoms with Gasteiger partial charge in [0.25, 0.3) is 0 Å². The molecule has 1 unspecified atom stereocenters. The Morgan fingerprint density at radius 3 is 2.50 bits per heavy atom. The molecule has 1 atom stereocenters. The summed E-state index contributed by atoms with van der Waals surface area (Å²) in [5.41, 5.74) is -0.552. The Balaban J connectivity index is 2.54. The molecule has 1 aliphatic rings. The van der Waals surface area contributed by atoms with Gasteiger partial charge in [-0.05, 0) is 26.2 Å². The molecular weight excluding hydrogens is 236 g/mol. The lowest BCUT2D eigenvalue weighted by Crippen LogP contribution is -2.58. The van der Waals surface area contributed by atoms with Crippen LogP contribution in [-0.4, -0.2) is 54.4 Å². The van der Waals surface area contributed by atoms with Crippen molar-refractivity contribution in [3.63, 3.8) is 0 Å². The van der Waals surface area contributed by atoms with Gasteiger partial charge >= 0.3 is 12.0 Å². The molecule has 0 radical (unpaired) electrons. The summed E-state index contributed by atoms with van der Waals surface area (Å²) in [5.74, 6) is -0.873. The summed E-state index contributed by atoms with van der Waals surface area (Å²) in [5, 5.41) is 11.7. The van der Waals surface area contributed by atoms with Crippen LogP contribution in [0.4, 0.5) is 4.79 Å². The van der Waals surface area contributed by atoms with E-state index in [2.05, 4.69) is 5.32 Å². The average molecular weight is 258 g/mol. The summed E-state index contributed by atoms with van der Waals surface area (Å²) in [4.78, 5) is 24.4. The Labute approximate surface area is 107 Å². The SMILES string of the molecule is COCC(C)N(C)C(=O)NC1(CC(=O)O)CCC1. The Kier molecular flexibility index (Phi) is 4.95. The maximum Gasteiger partial charge on any atom is 0.317 e. The van der Waals surface area contributed by atoms with Crippen molar-refractivity contribution < 1.29 is 19.4 Å². The van der Waals surface area contributed by atoms with Crippen LogP contribution >= 0.6 is 0 Å². The van der Waals surface area contributed by atoms with Gasteiger partial charge in [0.2, 0.25) is 0 Å². The standard InChI is InChI=1S/C12H22N2O4/c1-9(8-18-3)14(2)11(17)13-12(5-4-6-12)7-10(15)16/h9H,4-8H2,1-3H3,(H,13,17)(H,15,16). The topological polar surface area (TPSA) is 78.9 Å². The minimum atomic E-state index is -0.873. The number of nitrogens with one attached hydrogen (secondary N) is 1. The van der Waals surface area contributed by atoms with Crippen LogP contribution in [0.5, 0.6) is 0 Å². The Hall–Kier alpha value is -1.30. The molecule has 18 heavy (non-hydrogen) atoms. The highest BCUT2D eigenvalue weighted by Crippen LogP contribution is 2.35.